The first-order chi connectivity index (χ1) is 10.6. The maximum atomic E-state index is 13.0. The van der Waals surface area contributed by atoms with E-state index in [1.165, 1.54) is 19.2 Å². The predicted octanol–water partition coefficient (Wildman–Crippen LogP) is 3.18. The van der Waals surface area contributed by atoms with E-state index in [1.54, 1.807) is 24.3 Å². The van der Waals surface area contributed by atoms with Crippen molar-refractivity contribution in [3.05, 3.63) is 58.9 Å². The molecule has 4 nitrogen and oxygen atoms in total. The van der Waals surface area contributed by atoms with Crippen LogP contribution in [0.15, 0.2) is 42.5 Å². The molecule has 0 radical (unpaired) electrons. The third-order valence-corrected chi connectivity index (χ3v) is 3.19. The second-order valence-corrected chi connectivity index (χ2v) is 4.87. The van der Waals surface area contributed by atoms with Gasteiger partial charge in [0, 0.05) is 6.54 Å². The van der Waals surface area contributed by atoms with Gasteiger partial charge in [0.25, 0.3) is 5.91 Å². The molecule has 0 aliphatic rings. The lowest BCUT2D eigenvalue weighted by molar-refractivity contribution is -0.123. The van der Waals surface area contributed by atoms with Crippen LogP contribution in [0.5, 0.6) is 11.5 Å². The van der Waals surface area contributed by atoms with Crippen molar-refractivity contribution >= 4 is 17.5 Å². The second-order valence-electron chi connectivity index (χ2n) is 4.46. The average molecular weight is 324 g/mol. The van der Waals surface area contributed by atoms with Gasteiger partial charge in [-0.25, -0.2) is 4.39 Å². The molecule has 0 aromatic heterocycles. The van der Waals surface area contributed by atoms with E-state index in [2.05, 4.69) is 5.32 Å². The van der Waals surface area contributed by atoms with Gasteiger partial charge in [0.15, 0.2) is 18.1 Å². The van der Waals surface area contributed by atoms with Gasteiger partial charge in [-0.1, -0.05) is 29.8 Å². The van der Waals surface area contributed by atoms with E-state index in [9.17, 15) is 9.18 Å². The van der Waals surface area contributed by atoms with E-state index in [4.69, 9.17) is 21.1 Å². The molecule has 0 saturated heterocycles. The molecule has 2 rings (SSSR count). The molecule has 0 aliphatic carbocycles. The van der Waals surface area contributed by atoms with Crippen molar-refractivity contribution in [3.8, 4) is 11.5 Å². The number of carbonyl (C=O) groups is 1. The molecule has 0 heterocycles. The molecule has 116 valence electrons. The molecule has 6 heteroatoms. The summed E-state index contributed by atoms with van der Waals surface area (Å²) in [6.45, 7) is 0.101. The van der Waals surface area contributed by atoms with Crippen LogP contribution >= 0.6 is 11.6 Å². The fourth-order valence-electron chi connectivity index (χ4n) is 1.78. The first-order valence-corrected chi connectivity index (χ1v) is 6.94. The number of halogens is 2. The van der Waals surface area contributed by atoms with Crippen LogP contribution in [0.4, 0.5) is 4.39 Å². The molecule has 2 aromatic carbocycles. The summed E-state index contributed by atoms with van der Waals surface area (Å²) in [4.78, 5) is 11.8. The highest BCUT2D eigenvalue weighted by Gasteiger charge is 2.07. The summed E-state index contributed by atoms with van der Waals surface area (Å²) in [5, 5.41) is 2.69. The smallest absolute Gasteiger partial charge is 0.258 e. The minimum atomic E-state index is -0.490. The monoisotopic (exact) mass is 323 g/mol. The van der Waals surface area contributed by atoms with Crippen LogP contribution in [-0.4, -0.2) is 19.6 Å². The fraction of sp³-hybridized carbons (Fsp3) is 0.188. The Labute approximate surface area is 132 Å². The summed E-state index contributed by atoms with van der Waals surface area (Å²) in [5.74, 6) is 0.258. The molecule has 0 atom stereocenters. The van der Waals surface area contributed by atoms with Crippen molar-refractivity contribution in [1.29, 1.82) is 0 Å². The highest BCUT2D eigenvalue weighted by Crippen LogP contribution is 2.25. The maximum Gasteiger partial charge on any atom is 0.258 e. The van der Waals surface area contributed by atoms with E-state index in [0.29, 0.717) is 17.1 Å². The number of para-hydroxylation sites is 2. The SMILES string of the molecule is COc1ccccc1OCC(=O)NCc1ccc(F)c(Cl)c1. The summed E-state index contributed by atoms with van der Waals surface area (Å²) in [7, 11) is 1.53. The number of hydrogen-bond donors (Lipinski definition) is 1. The first-order valence-electron chi connectivity index (χ1n) is 6.56. The number of hydrogen-bond acceptors (Lipinski definition) is 3. The molecule has 0 unspecified atom stereocenters. The van der Waals surface area contributed by atoms with Gasteiger partial charge in [-0.3, -0.25) is 4.79 Å². The highest BCUT2D eigenvalue weighted by molar-refractivity contribution is 6.30. The number of methoxy groups -OCH3 is 1. The van der Waals surface area contributed by atoms with Gasteiger partial charge < -0.3 is 14.8 Å². The first kappa shape index (κ1) is 16.1. The molecule has 1 N–H and O–H groups in total. The Morgan fingerprint density at radius 1 is 1.23 bits per heavy atom. The maximum absolute atomic E-state index is 13.0. The molecular formula is C16H15ClFNO3. The zero-order valence-corrected chi connectivity index (χ0v) is 12.7. The van der Waals surface area contributed by atoms with Crippen molar-refractivity contribution in [2.45, 2.75) is 6.54 Å². The molecule has 0 saturated carbocycles. The van der Waals surface area contributed by atoms with Gasteiger partial charge in [-0.15, -0.1) is 0 Å². The summed E-state index contributed by atoms with van der Waals surface area (Å²) < 4.78 is 23.5. The molecule has 1 amide bonds. The number of ether oxygens (including phenoxy) is 2. The van der Waals surface area contributed by atoms with Gasteiger partial charge in [-0.2, -0.15) is 0 Å². The minimum Gasteiger partial charge on any atom is -0.493 e. The standard InChI is InChI=1S/C16H15ClFNO3/c1-21-14-4-2-3-5-15(14)22-10-16(20)19-9-11-6-7-13(18)12(17)8-11/h2-8H,9-10H2,1H3,(H,19,20). The Hall–Kier alpha value is -2.27. The van der Waals surface area contributed by atoms with Crippen LogP contribution in [0, 0.1) is 5.82 Å². The van der Waals surface area contributed by atoms with Gasteiger partial charge in [-0.05, 0) is 29.8 Å². The Bertz CT molecular complexity index is 664. The van der Waals surface area contributed by atoms with E-state index < -0.39 is 5.82 Å². The van der Waals surface area contributed by atoms with Gasteiger partial charge in [0.2, 0.25) is 0 Å². The Kier molecular flexibility index (Phi) is 5.61. The van der Waals surface area contributed by atoms with Crippen LogP contribution < -0.4 is 14.8 Å². The molecule has 2 aromatic rings. The van der Waals surface area contributed by atoms with Crippen LogP contribution in [0.2, 0.25) is 5.02 Å². The number of benzene rings is 2. The fourth-order valence-corrected chi connectivity index (χ4v) is 1.99. The minimum absolute atomic E-state index is 0.0250. The van der Waals surface area contributed by atoms with Gasteiger partial charge in [0.05, 0.1) is 12.1 Å². The Morgan fingerprint density at radius 3 is 2.64 bits per heavy atom. The zero-order chi connectivity index (χ0) is 15.9. The van der Waals surface area contributed by atoms with Crippen molar-refractivity contribution in [3.63, 3.8) is 0 Å². The van der Waals surface area contributed by atoms with Crippen LogP contribution in [0.1, 0.15) is 5.56 Å². The third-order valence-electron chi connectivity index (χ3n) is 2.90. The lowest BCUT2D eigenvalue weighted by Crippen LogP contribution is -2.28. The summed E-state index contributed by atoms with van der Waals surface area (Å²) >= 11 is 5.68. The van der Waals surface area contributed by atoms with Gasteiger partial charge in [0.1, 0.15) is 5.82 Å². The molecular weight excluding hydrogens is 309 g/mol. The van der Waals surface area contributed by atoms with Crippen LogP contribution in [-0.2, 0) is 11.3 Å². The van der Waals surface area contributed by atoms with Crippen LogP contribution in [0.3, 0.4) is 0 Å². The number of amides is 1. The van der Waals surface area contributed by atoms with Crippen LogP contribution in [0.25, 0.3) is 0 Å². The van der Waals surface area contributed by atoms with E-state index in [1.807, 2.05) is 6.07 Å². The quantitative estimate of drug-likeness (QED) is 0.888. The molecule has 22 heavy (non-hydrogen) atoms. The van der Waals surface area contributed by atoms with Crippen molar-refractivity contribution in [2.75, 3.05) is 13.7 Å². The lowest BCUT2D eigenvalue weighted by atomic mass is 10.2. The Morgan fingerprint density at radius 2 is 1.95 bits per heavy atom. The van der Waals surface area contributed by atoms with Crippen molar-refractivity contribution in [1.82, 2.24) is 5.32 Å². The normalized spacial score (nSPS) is 10.1. The number of rotatable bonds is 6. The van der Waals surface area contributed by atoms with E-state index in [0.717, 1.165) is 0 Å². The van der Waals surface area contributed by atoms with Gasteiger partial charge >= 0.3 is 0 Å². The number of carbonyl (C=O) groups excluding carboxylic acids is 1. The molecule has 0 bridgehead atoms. The topological polar surface area (TPSA) is 47.6 Å². The largest absolute Gasteiger partial charge is 0.493 e. The zero-order valence-electron chi connectivity index (χ0n) is 11.9. The molecule has 0 fully saturated rings. The van der Waals surface area contributed by atoms with Crippen molar-refractivity contribution in [2.24, 2.45) is 0 Å². The number of nitrogens with one attached hydrogen (secondary N) is 1. The molecule has 0 spiro atoms. The lowest BCUT2D eigenvalue weighted by Gasteiger charge is -2.10. The summed E-state index contributed by atoms with van der Waals surface area (Å²) in [5.41, 5.74) is 0.706. The second kappa shape index (κ2) is 7.66. The van der Waals surface area contributed by atoms with E-state index >= 15 is 0 Å². The Balaban J connectivity index is 1.84. The van der Waals surface area contributed by atoms with Crippen molar-refractivity contribution < 1.29 is 18.7 Å². The average Bonchev–Trinajstić information content (AvgIpc) is 2.54. The third kappa shape index (κ3) is 4.36. The highest BCUT2D eigenvalue weighted by atomic mass is 35.5. The summed E-state index contributed by atoms with van der Waals surface area (Å²) in [6.07, 6.45) is 0. The predicted molar refractivity (Wildman–Crippen MR) is 81.7 cm³/mol. The van der Waals surface area contributed by atoms with E-state index in [-0.39, 0.29) is 24.1 Å². The molecule has 0 aliphatic heterocycles. The summed E-state index contributed by atoms with van der Waals surface area (Å²) in [6, 6.07) is 11.3.